The van der Waals surface area contributed by atoms with Crippen LogP contribution in [-0.4, -0.2) is 64.0 Å². The van der Waals surface area contributed by atoms with Gasteiger partial charge in [0.2, 0.25) is 0 Å². The van der Waals surface area contributed by atoms with Crippen molar-refractivity contribution >= 4 is 11.6 Å². The van der Waals surface area contributed by atoms with Crippen LogP contribution >= 0.6 is 0 Å². The van der Waals surface area contributed by atoms with Gasteiger partial charge in [-0.1, -0.05) is 12.1 Å². The Bertz CT molecular complexity index is 1060. The quantitative estimate of drug-likeness (QED) is 0.592. The van der Waals surface area contributed by atoms with Gasteiger partial charge in [0.1, 0.15) is 0 Å². The van der Waals surface area contributed by atoms with E-state index in [9.17, 15) is 9.90 Å². The van der Waals surface area contributed by atoms with Gasteiger partial charge in [0.25, 0.3) is 5.91 Å². The van der Waals surface area contributed by atoms with Crippen LogP contribution in [0, 0.1) is 0 Å². The minimum absolute atomic E-state index is 0.0193. The number of nitrogens with zero attached hydrogens (tertiary/aromatic N) is 4. The van der Waals surface area contributed by atoms with E-state index in [1.54, 1.807) is 11.1 Å². The summed E-state index contributed by atoms with van der Waals surface area (Å²) in [7, 11) is 0. The van der Waals surface area contributed by atoms with Crippen molar-refractivity contribution in [3.63, 3.8) is 0 Å². The molecular weight excluding hydrogens is 426 g/mol. The van der Waals surface area contributed by atoms with Crippen molar-refractivity contribution < 1.29 is 9.90 Å². The Morgan fingerprint density at radius 2 is 1.71 bits per heavy atom. The molecule has 34 heavy (non-hydrogen) atoms. The Balaban J connectivity index is 1.09. The molecule has 7 heteroatoms. The molecule has 2 aliphatic rings. The molecule has 5 rings (SSSR count). The van der Waals surface area contributed by atoms with Gasteiger partial charge in [0.05, 0.1) is 11.8 Å². The van der Waals surface area contributed by atoms with Crippen molar-refractivity contribution in [3.05, 3.63) is 78.1 Å². The van der Waals surface area contributed by atoms with Gasteiger partial charge < -0.3 is 20.2 Å². The van der Waals surface area contributed by atoms with Gasteiger partial charge >= 0.3 is 0 Å². The Morgan fingerprint density at radius 3 is 2.38 bits per heavy atom. The van der Waals surface area contributed by atoms with Crippen LogP contribution in [0.4, 0.5) is 5.69 Å². The molecule has 0 spiro atoms. The van der Waals surface area contributed by atoms with Gasteiger partial charge in [-0.3, -0.25) is 4.79 Å². The summed E-state index contributed by atoms with van der Waals surface area (Å²) >= 11 is 0. The molecule has 178 valence electrons. The second kappa shape index (κ2) is 10.4. The molecule has 3 heterocycles. The monoisotopic (exact) mass is 459 g/mol. The van der Waals surface area contributed by atoms with Gasteiger partial charge in [0.15, 0.2) is 0 Å². The summed E-state index contributed by atoms with van der Waals surface area (Å²) in [6.07, 6.45) is 7.18. The average molecular weight is 460 g/mol. The number of likely N-dealkylation sites (tertiary alicyclic amines) is 1. The lowest BCUT2D eigenvalue weighted by Crippen LogP contribution is -2.42. The Labute approximate surface area is 201 Å². The Morgan fingerprint density at radius 1 is 0.971 bits per heavy atom. The molecule has 1 aromatic heterocycles. The van der Waals surface area contributed by atoms with E-state index < -0.39 is 6.10 Å². The van der Waals surface area contributed by atoms with E-state index >= 15 is 0 Å². The van der Waals surface area contributed by atoms with Gasteiger partial charge in [-0.05, 0) is 73.7 Å². The molecule has 2 aromatic carbocycles. The summed E-state index contributed by atoms with van der Waals surface area (Å²) in [5.74, 6) is 0.0193. The summed E-state index contributed by atoms with van der Waals surface area (Å²) in [5.41, 5.74) is 4.22. The number of rotatable bonds is 6. The number of carbonyl (C=O) groups excluding carboxylic acids is 1. The summed E-state index contributed by atoms with van der Waals surface area (Å²) in [5, 5.41) is 17.8. The third kappa shape index (κ3) is 5.32. The number of benzene rings is 2. The number of amides is 1. The molecule has 2 N–H and O–H groups in total. The van der Waals surface area contributed by atoms with Crippen LogP contribution in [0.5, 0.6) is 0 Å². The molecule has 0 radical (unpaired) electrons. The average Bonchev–Trinajstić information content (AvgIpc) is 3.43. The van der Waals surface area contributed by atoms with Gasteiger partial charge in [-0.15, -0.1) is 0 Å². The van der Waals surface area contributed by atoms with Gasteiger partial charge in [0, 0.05) is 62.4 Å². The van der Waals surface area contributed by atoms with Crippen molar-refractivity contribution in [1.82, 2.24) is 20.0 Å². The fraction of sp³-hybridized carbons (Fsp3) is 0.407. The van der Waals surface area contributed by atoms with E-state index in [0.717, 1.165) is 57.5 Å². The number of nitrogens with one attached hydrogen (secondary N) is 1. The number of aliphatic hydroxyl groups is 1. The maximum Gasteiger partial charge on any atom is 0.253 e. The van der Waals surface area contributed by atoms with Crippen LogP contribution in [0.15, 0.2) is 67.0 Å². The van der Waals surface area contributed by atoms with Gasteiger partial charge in [-0.25, -0.2) is 4.68 Å². The number of anilines is 1. The summed E-state index contributed by atoms with van der Waals surface area (Å²) in [6, 6.07) is 18.9. The first kappa shape index (κ1) is 22.6. The lowest BCUT2D eigenvalue weighted by Gasteiger charge is -2.34. The molecule has 2 fully saturated rings. The highest BCUT2D eigenvalue weighted by Crippen LogP contribution is 2.22. The largest absolute Gasteiger partial charge is 0.391 e. The van der Waals surface area contributed by atoms with Crippen LogP contribution in [0.1, 0.15) is 41.6 Å². The first-order valence-corrected chi connectivity index (χ1v) is 12.3. The predicted octanol–water partition coefficient (Wildman–Crippen LogP) is 3.23. The molecular formula is C27H33N5O2. The zero-order chi connectivity index (χ0) is 23.3. The lowest BCUT2D eigenvalue weighted by atomic mass is 10.0. The Hall–Kier alpha value is -3.16. The molecule has 1 amide bonds. The topological polar surface area (TPSA) is 73.6 Å². The molecule has 2 saturated heterocycles. The number of hydrogen-bond donors (Lipinski definition) is 2. The molecule has 0 unspecified atom stereocenters. The van der Waals surface area contributed by atoms with E-state index in [0.29, 0.717) is 18.2 Å². The molecule has 7 nitrogen and oxygen atoms in total. The molecule has 0 aliphatic carbocycles. The van der Waals surface area contributed by atoms with E-state index in [-0.39, 0.29) is 5.91 Å². The van der Waals surface area contributed by atoms with Crippen LogP contribution in [0.25, 0.3) is 5.69 Å². The molecule has 1 atom stereocenters. The van der Waals surface area contributed by atoms with Crippen molar-refractivity contribution in [2.45, 2.75) is 44.4 Å². The minimum atomic E-state index is -0.395. The zero-order valence-electron chi connectivity index (χ0n) is 19.5. The standard InChI is InChI=1S/C27H33N5O2/c33-26-3-1-15-31(20-26)27(34)22-6-10-24(11-7-22)30-17-12-23(13-18-30)28-19-21-4-8-25(9-5-21)32-16-2-14-29-32/h2,4-11,14,16,23,26,28,33H,1,3,12-13,15,17-20H2/t26-/m1/s1. The van der Waals surface area contributed by atoms with Crippen molar-refractivity contribution in [1.29, 1.82) is 0 Å². The zero-order valence-corrected chi connectivity index (χ0v) is 19.5. The molecule has 0 saturated carbocycles. The van der Waals surface area contributed by atoms with E-state index in [1.165, 1.54) is 11.3 Å². The fourth-order valence-corrected chi connectivity index (χ4v) is 4.93. The molecule has 0 bridgehead atoms. The van der Waals surface area contributed by atoms with Crippen LogP contribution in [0.2, 0.25) is 0 Å². The number of piperidine rings is 2. The SMILES string of the molecule is O=C(c1ccc(N2CCC(NCc3ccc(-n4cccn4)cc3)CC2)cc1)N1CCC[C@@H](O)C1. The van der Waals surface area contributed by atoms with Crippen molar-refractivity contribution in [2.75, 3.05) is 31.1 Å². The van der Waals surface area contributed by atoms with Crippen LogP contribution in [0.3, 0.4) is 0 Å². The first-order valence-electron chi connectivity index (χ1n) is 12.3. The number of β-amino-alcohol motifs (C(OH)–C–C–N with tert-alkyl or cyclic N) is 1. The molecule has 3 aromatic rings. The minimum Gasteiger partial charge on any atom is -0.391 e. The lowest BCUT2D eigenvalue weighted by molar-refractivity contribution is 0.0474. The normalized spacial score (nSPS) is 19.4. The van der Waals surface area contributed by atoms with E-state index in [2.05, 4.69) is 51.7 Å². The summed E-state index contributed by atoms with van der Waals surface area (Å²) in [4.78, 5) is 16.9. The smallest absolute Gasteiger partial charge is 0.253 e. The number of hydrogen-bond acceptors (Lipinski definition) is 5. The van der Waals surface area contributed by atoms with Crippen molar-refractivity contribution in [3.8, 4) is 5.69 Å². The number of aromatic nitrogens is 2. The summed E-state index contributed by atoms with van der Waals surface area (Å²) < 4.78 is 1.87. The second-order valence-electron chi connectivity index (χ2n) is 9.35. The highest BCUT2D eigenvalue weighted by atomic mass is 16.3. The van der Waals surface area contributed by atoms with Crippen LogP contribution < -0.4 is 10.2 Å². The maximum absolute atomic E-state index is 12.7. The number of carbonyl (C=O) groups is 1. The van der Waals surface area contributed by atoms with Crippen molar-refractivity contribution in [2.24, 2.45) is 0 Å². The highest BCUT2D eigenvalue weighted by molar-refractivity contribution is 5.94. The molecule has 2 aliphatic heterocycles. The van der Waals surface area contributed by atoms with E-state index in [4.69, 9.17) is 0 Å². The van der Waals surface area contributed by atoms with Crippen LogP contribution in [-0.2, 0) is 6.54 Å². The highest BCUT2D eigenvalue weighted by Gasteiger charge is 2.24. The fourth-order valence-electron chi connectivity index (χ4n) is 4.93. The van der Waals surface area contributed by atoms with Gasteiger partial charge in [-0.2, -0.15) is 5.10 Å². The first-order chi connectivity index (χ1) is 16.7. The number of aliphatic hydroxyl groups excluding tert-OH is 1. The summed E-state index contributed by atoms with van der Waals surface area (Å²) in [6.45, 7) is 4.04. The third-order valence-corrected chi connectivity index (χ3v) is 6.96. The predicted molar refractivity (Wildman–Crippen MR) is 133 cm³/mol. The third-order valence-electron chi connectivity index (χ3n) is 6.96. The van der Waals surface area contributed by atoms with E-state index in [1.807, 2.05) is 29.1 Å². The Kier molecular flexibility index (Phi) is 6.92. The maximum atomic E-state index is 12.7. The second-order valence-corrected chi connectivity index (χ2v) is 9.35.